The molecule has 188 valence electrons. The monoisotopic (exact) mass is 502 g/mol. The molecule has 0 radical (unpaired) electrons. The van der Waals surface area contributed by atoms with Gasteiger partial charge >= 0.3 is 7.60 Å². The van der Waals surface area contributed by atoms with Gasteiger partial charge in [0.1, 0.15) is 30.5 Å². The SMILES string of the molecule is CCOP(=O)(C=C1[C@H]2OC3OC([C@@H]2OCc2ccccc2)[C@H](OCc2ccccc2)[C@H]1O3)OCC. The van der Waals surface area contributed by atoms with Gasteiger partial charge in [0.25, 0.3) is 6.48 Å². The topological polar surface area (TPSA) is 81.7 Å². The van der Waals surface area contributed by atoms with Gasteiger partial charge in [0, 0.05) is 11.4 Å². The van der Waals surface area contributed by atoms with Gasteiger partial charge in [-0.05, 0) is 25.0 Å². The lowest BCUT2D eigenvalue weighted by molar-refractivity contribution is -0.452. The highest BCUT2D eigenvalue weighted by Gasteiger charge is 2.61. The maximum absolute atomic E-state index is 13.4. The number of ether oxygens (including phenoxy) is 5. The van der Waals surface area contributed by atoms with E-state index in [0.29, 0.717) is 18.8 Å². The summed E-state index contributed by atoms with van der Waals surface area (Å²) in [7, 11) is -3.53. The molecule has 0 N–H and O–H groups in total. The summed E-state index contributed by atoms with van der Waals surface area (Å²) in [5.74, 6) is 1.53. The van der Waals surface area contributed by atoms with Crippen LogP contribution < -0.4 is 0 Å². The van der Waals surface area contributed by atoms with Crippen molar-refractivity contribution in [2.45, 2.75) is 64.1 Å². The molecular weight excluding hydrogens is 471 g/mol. The molecule has 4 aliphatic rings. The summed E-state index contributed by atoms with van der Waals surface area (Å²) in [6, 6.07) is 19.8. The Morgan fingerprint density at radius 2 is 1.26 bits per heavy atom. The quantitative estimate of drug-likeness (QED) is 0.406. The first-order valence-electron chi connectivity index (χ1n) is 12.0. The first-order valence-corrected chi connectivity index (χ1v) is 13.6. The number of benzene rings is 2. The fourth-order valence-corrected chi connectivity index (χ4v) is 6.30. The first kappa shape index (κ1) is 24.8. The highest BCUT2D eigenvalue weighted by Crippen LogP contribution is 2.55. The molecular formula is C26H31O8P. The van der Waals surface area contributed by atoms with E-state index in [0.717, 1.165) is 11.1 Å². The Hall–Kier alpha value is -1.87. The molecule has 3 aliphatic heterocycles. The van der Waals surface area contributed by atoms with Gasteiger partial charge in [0.15, 0.2) is 0 Å². The normalized spacial score (nSPS) is 30.7. The molecule has 8 nitrogen and oxygen atoms in total. The van der Waals surface area contributed by atoms with Crippen molar-refractivity contribution < 1.29 is 37.3 Å². The Labute approximate surface area is 205 Å². The minimum Gasteiger partial charge on any atom is -0.368 e. The Balaban J connectivity index is 1.45. The lowest BCUT2D eigenvalue weighted by Gasteiger charge is -2.56. The summed E-state index contributed by atoms with van der Waals surface area (Å²) in [6.45, 7) is 3.95. The molecule has 6 rings (SSSR count). The van der Waals surface area contributed by atoms with Crippen LogP contribution >= 0.6 is 7.60 Å². The third-order valence-electron chi connectivity index (χ3n) is 6.18. The minimum atomic E-state index is -3.53. The molecule has 2 aromatic rings. The van der Waals surface area contributed by atoms with Crippen LogP contribution in [-0.2, 0) is 50.5 Å². The first-order chi connectivity index (χ1) is 17.1. The summed E-state index contributed by atoms with van der Waals surface area (Å²) >= 11 is 0. The lowest BCUT2D eigenvalue weighted by atomic mass is 9.81. The lowest BCUT2D eigenvalue weighted by Crippen LogP contribution is -2.71. The van der Waals surface area contributed by atoms with Crippen LogP contribution in [0, 0.1) is 0 Å². The van der Waals surface area contributed by atoms with Gasteiger partial charge in [0.2, 0.25) is 0 Å². The van der Waals surface area contributed by atoms with E-state index in [4.69, 9.17) is 32.7 Å². The van der Waals surface area contributed by atoms with Crippen molar-refractivity contribution in [3.05, 3.63) is 83.2 Å². The van der Waals surface area contributed by atoms with Gasteiger partial charge in [-0.2, -0.15) is 0 Å². The van der Waals surface area contributed by atoms with Crippen LogP contribution in [0.15, 0.2) is 72.1 Å². The summed E-state index contributed by atoms with van der Waals surface area (Å²) in [4.78, 5) is 0. The average molecular weight is 503 g/mol. The van der Waals surface area contributed by atoms with E-state index < -0.39 is 44.6 Å². The fraction of sp³-hybridized carbons (Fsp3) is 0.462. The van der Waals surface area contributed by atoms with Crippen LogP contribution in [0.25, 0.3) is 0 Å². The molecule has 3 saturated heterocycles. The van der Waals surface area contributed by atoms with Crippen LogP contribution in [0.1, 0.15) is 25.0 Å². The maximum atomic E-state index is 13.4. The third-order valence-corrected chi connectivity index (χ3v) is 8.03. The van der Waals surface area contributed by atoms with Gasteiger partial charge in [-0.25, -0.2) is 0 Å². The molecule has 6 atom stereocenters. The van der Waals surface area contributed by atoms with Crippen molar-refractivity contribution >= 4 is 7.60 Å². The van der Waals surface area contributed by atoms with Crippen LogP contribution in [0.5, 0.6) is 0 Å². The van der Waals surface area contributed by atoms with E-state index in [9.17, 15) is 4.57 Å². The van der Waals surface area contributed by atoms with E-state index in [1.807, 2.05) is 60.7 Å². The van der Waals surface area contributed by atoms with Crippen molar-refractivity contribution in [2.75, 3.05) is 13.2 Å². The Bertz CT molecular complexity index is 972. The zero-order valence-electron chi connectivity index (χ0n) is 19.9. The average Bonchev–Trinajstić information content (AvgIpc) is 2.87. The highest BCUT2D eigenvalue weighted by atomic mass is 31.2. The molecule has 4 fully saturated rings. The van der Waals surface area contributed by atoms with Crippen LogP contribution in [0.2, 0.25) is 0 Å². The highest BCUT2D eigenvalue weighted by molar-refractivity contribution is 7.57. The number of hydrogen-bond acceptors (Lipinski definition) is 8. The van der Waals surface area contributed by atoms with E-state index in [-0.39, 0.29) is 13.2 Å². The second-order valence-electron chi connectivity index (χ2n) is 8.53. The van der Waals surface area contributed by atoms with E-state index in [1.165, 1.54) is 5.82 Å². The molecule has 4 bridgehead atoms. The predicted molar refractivity (Wildman–Crippen MR) is 127 cm³/mol. The standard InChI is InChI=1S/C26H31O8P/c1-3-30-35(27,31-4-2)17-20-21-23(28-15-18-11-7-5-8-12-18)25-24(22(20)33-26(32-21)34-25)29-16-19-13-9-6-10-14-19/h5-14,17,21-26H,3-4,15-16H2,1-2H3/t21-,22+,23-,24-,25?,26?/m1/s1. The van der Waals surface area contributed by atoms with Gasteiger partial charge in [-0.15, -0.1) is 0 Å². The second kappa shape index (κ2) is 11.0. The maximum Gasteiger partial charge on any atom is 0.354 e. The molecule has 0 amide bonds. The Morgan fingerprint density at radius 3 is 1.71 bits per heavy atom. The molecule has 3 heterocycles. The molecule has 2 aromatic carbocycles. The molecule has 9 heteroatoms. The van der Waals surface area contributed by atoms with Crippen LogP contribution in [0.3, 0.4) is 0 Å². The zero-order valence-corrected chi connectivity index (χ0v) is 20.8. The van der Waals surface area contributed by atoms with Crippen LogP contribution in [-0.4, -0.2) is 50.2 Å². The smallest absolute Gasteiger partial charge is 0.354 e. The van der Waals surface area contributed by atoms with E-state index in [1.54, 1.807) is 13.8 Å². The van der Waals surface area contributed by atoms with Crippen molar-refractivity contribution in [3.8, 4) is 0 Å². The molecule has 0 aromatic heterocycles. The van der Waals surface area contributed by atoms with Crippen molar-refractivity contribution in [1.29, 1.82) is 0 Å². The predicted octanol–water partition coefficient (Wildman–Crippen LogP) is 4.79. The number of hydrogen-bond donors (Lipinski definition) is 0. The molecule has 1 saturated carbocycles. The van der Waals surface area contributed by atoms with Gasteiger partial charge in [0.05, 0.1) is 26.4 Å². The molecule has 0 spiro atoms. The minimum absolute atomic E-state index is 0.244. The van der Waals surface area contributed by atoms with Crippen molar-refractivity contribution in [3.63, 3.8) is 0 Å². The van der Waals surface area contributed by atoms with Crippen LogP contribution in [0.4, 0.5) is 0 Å². The second-order valence-corrected chi connectivity index (χ2v) is 10.4. The third kappa shape index (κ3) is 5.45. The number of rotatable bonds is 11. The summed E-state index contributed by atoms with van der Waals surface area (Å²) in [6.07, 6.45) is -2.44. The van der Waals surface area contributed by atoms with Gasteiger partial charge < -0.3 is 32.7 Å². The summed E-state index contributed by atoms with van der Waals surface area (Å²) in [5, 5.41) is 0. The molecule has 2 unspecified atom stereocenters. The zero-order chi connectivity index (χ0) is 24.3. The Morgan fingerprint density at radius 1 is 0.771 bits per heavy atom. The van der Waals surface area contributed by atoms with E-state index in [2.05, 4.69) is 0 Å². The van der Waals surface area contributed by atoms with Crippen molar-refractivity contribution in [1.82, 2.24) is 0 Å². The van der Waals surface area contributed by atoms with E-state index >= 15 is 0 Å². The summed E-state index contributed by atoms with van der Waals surface area (Å²) < 4.78 is 55.3. The summed E-state index contributed by atoms with van der Waals surface area (Å²) in [5.41, 5.74) is 2.69. The largest absolute Gasteiger partial charge is 0.368 e. The Kier molecular flexibility index (Phi) is 7.82. The van der Waals surface area contributed by atoms with Gasteiger partial charge in [-0.3, -0.25) is 4.57 Å². The molecule has 35 heavy (non-hydrogen) atoms. The van der Waals surface area contributed by atoms with Crippen molar-refractivity contribution in [2.24, 2.45) is 0 Å². The fourth-order valence-electron chi connectivity index (χ4n) is 4.70. The van der Waals surface area contributed by atoms with Gasteiger partial charge in [-0.1, -0.05) is 60.7 Å². The molecule has 1 aliphatic carbocycles.